The number of nitrogens with two attached hydrogens (primary N) is 1. The number of halogens is 3. The second-order valence-electron chi connectivity index (χ2n) is 3.66. The van der Waals surface area contributed by atoms with E-state index >= 15 is 0 Å². The Morgan fingerprint density at radius 1 is 1.16 bits per heavy atom. The summed E-state index contributed by atoms with van der Waals surface area (Å²) >= 11 is 10.8. The van der Waals surface area contributed by atoms with E-state index in [-0.39, 0.29) is 21.5 Å². The van der Waals surface area contributed by atoms with Crippen LogP contribution < -0.4 is 10.5 Å². The second kappa shape index (κ2) is 5.50. The lowest BCUT2D eigenvalue weighted by Gasteiger charge is -2.09. The largest absolute Gasteiger partial charge is 0.453 e. The lowest BCUT2D eigenvalue weighted by atomic mass is 10.2. The molecule has 2 rings (SSSR count). The van der Waals surface area contributed by atoms with Crippen LogP contribution in [0.1, 0.15) is 5.56 Å². The van der Waals surface area contributed by atoms with Gasteiger partial charge in [-0.05, 0) is 30.3 Å². The van der Waals surface area contributed by atoms with E-state index < -0.39 is 11.6 Å². The van der Waals surface area contributed by atoms with Crippen molar-refractivity contribution in [2.24, 2.45) is 5.73 Å². The van der Waals surface area contributed by atoms with Crippen molar-refractivity contribution in [2.75, 3.05) is 0 Å². The monoisotopic (exact) mass is 299 g/mol. The highest BCUT2D eigenvalue weighted by Gasteiger charge is 2.12. The molecule has 0 heterocycles. The third kappa shape index (κ3) is 3.00. The Labute approximate surface area is 118 Å². The molecule has 98 valence electrons. The number of hydrogen-bond donors (Lipinski definition) is 1. The van der Waals surface area contributed by atoms with Gasteiger partial charge in [0, 0.05) is 5.56 Å². The van der Waals surface area contributed by atoms with Gasteiger partial charge in [-0.1, -0.05) is 29.9 Å². The van der Waals surface area contributed by atoms with E-state index in [0.29, 0.717) is 5.56 Å². The normalized spacial score (nSPS) is 10.3. The molecular formula is C13H8ClF2NOS. The standard InChI is InChI=1S/C13H8ClF2NOS/c14-8-6-7(13(17)19)4-5-10(8)18-11-3-1-2-9(15)12(11)16/h1-6H,(H2,17,19). The summed E-state index contributed by atoms with van der Waals surface area (Å²) in [7, 11) is 0. The van der Waals surface area contributed by atoms with E-state index in [1.807, 2.05) is 0 Å². The summed E-state index contributed by atoms with van der Waals surface area (Å²) in [6.45, 7) is 0. The zero-order valence-corrected chi connectivity index (χ0v) is 11.1. The fourth-order valence-corrected chi connectivity index (χ4v) is 1.76. The number of benzene rings is 2. The number of ether oxygens (including phenoxy) is 1. The van der Waals surface area contributed by atoms with Crippen molar-refractivity contribution in [1.29, 1.82) is 0 Å². The minimum Gasteiger partial charge on any atom is -0.453 e. The maximum Gasteiger partial charge on any atom is 0.201 e. The molecule has 0 aliphatic rings. The van der Waals surface area contributed by atoms with Gasteiger partial charge in [-0.25, -0.2) is 4.39 Å². The van der Waals surface area contributed by atoms with Gasteiger partial charge in [0.05, 0.1) is 5.02 Å². The van der Waals surface area contributed by atoms with Gasteiger partial charge >= 0.3 is 0 Å². The first-order valence-electron chi connectivity index (χ1n) is 5.20. The Hall–Kier alpha value is -1.72. The molecule has 2 aromatic carbocycles. The zero-order chi connectivity index (χ0) is 14.0. The number of hydrogen-bond acceptors (Lipinski definition) is 2. The Kier molecular flexibility index (Phi) is 3.97. The maximum absolute atomic E-state index is 13.4. The van der Waals surface area contributed by atoms with E-state index in [9.17, 15) is 8.78 Å². The Morgan fingerprint density at radius 3 is 2.53 bits per heavy atom. The molecule has 2 aromatic rings. The van der Waals surface area contributed by atoms with Gasteiger partial charge in [0.2, 0.25) is 5.82 Å². The summed E-state index contributed by atoms with van der Waals surface area (Å²) in [6.07, 6.45) is 0. The predicted octanol–water partition coefficient (Wildman–Crippen LogP) is 4.04. The van der Waals surface area contributed by atoms with Crippen LogP contribution >= 0.6 is 23.8 Å². The molecule has 0 unspecified atom stereocenters. The van der Waals surface area contributed by atoms with E-state index in [0.717, 1.165) is 6.07 Å². The van der Waals surface area contributed by atoms with Crippen LogP contribution in [-0.4, -0.2) is 4.99 Å². The molecule has 0 saturated heterocycles. The van der Waals surface area contributed by atoms with Crippen LogP contribution in [0.15, 0.2) is 36.4 Å². The average Bonchev–Trinajstić information content (AvgIpc) is 2.37. The minimum atomic E-state index is -1.07. The molecule has 6 heteroatoms. The van der Waals surface area contributed by atoms with Crippen molar-refractivity contribution < 1.29 is 13.5 Å². The van der Waals surface area contributed by atoms with Gasteiger partial charge in [0.1, 0.15) is 10.7 Å². The molecule has 0 saturated carbocycles. The van der Waals surface area contributed by atoms with Gasteiger partial charge < -0.3 is 10.5 Å². The number of rotatable bonds is 3. The van der Waals surface area contributed by atoms with E-state index in [4.69, 9.17) is 34.3 Å². The van der Waals surface area contributed by atoms with Gasteiger partial charge in [-0.15, -0.1) is 0 Å². The lowest BCUT2D eigenvalue weighted by molar-refractivity contribution is 0.416. The van der Waals surface area contributed by atoms with Crippen molar-refractivity contribution in [2.45, 2.75) is 0 Å². The summed E-state index contributed by atoms with van der Waals surface area (Å²) in [4.78, 5) is 0.186. The maximum atomic E-state index is 13.4. The van der Waals surface area contributed by atoms with Crippen molar-refractivity contribution in [3.05, 3.63) is 58.6 Å². The molecule has 2 N–H and O–H groups in total. The molecule has 0 aliphatic heterocycles. The van der Waals surface area contributed by atoms with Gasteiger partial charge in [0.25, 0.3) is 0 Å². The zero-order valence-electron chi connectivity index (χ0n) is 9.49. The van der Waals surface area contributed by atoms with Crippen LogP contribution in [0.25, 0.3) is 0 Å². The van der Waals surface area contributed by atoms with Crippen LogP contribution in [0, 0.1) is 11.6 Å². The quantitative estimate of drug-likeness (QED) is 0.869. The van der Waals surface area contributed by atoms with Crippen molar-refractivity contribution in [3.8, 4) is 11.5 Å². The van der Waals surface area contributed by atoms with E-state index in [1.165, 1.54) is 24.3 Å². The summed E-state index contributed by atoms with van der Waals surface area (Å²) in [5.41, 5.74) is 6.01. The fraction of sp³-hybridized carbons (Fsp3) is 0. The molecule has 0 bridgehead atoms. The first-order chi connectivity index (χ1) is 8.99. The molecule has 0 aromatic heterocycles. The Balaban J connectivity index is 2.34. The van der Waals surface area contributed by atoms with Crippen molar-refractivity contribution in [3.63, 3.8) is 0 Å². The van der Waals surface area contributed by atoms with Crippen LogP contribution in [0.4, 0.5) is 8.78 Å². The van der Waals surface area contributed by atoms with Gasteiger partial charge in [-0.3, -0.25) is 0 Å². The smallest absolute Gasteiger partial charge is 0.201 e. The van der Waals surface area contributed by atoms with Crippen LogP contribution in [-0.2, 0) is 0 Å². The summed E-state index contributed by atoms with van der Waals surface area (Å²) < 4.78 is 31.7. The molecule has 0 radical (unpaired) electrons. The van der Waals surface area contributed by atoms with Gasteiger partial charge in [0.15, 0.2) is 11.6 Å². The SMILES string of the molecule is NC(=S)c1ccc(Oc2cccc(F)c2F)c(Cl)c1. The minimum absolute atomic E-state index is 0.186. The van der Waals surface area contributed by atoms with Crippen LogP contribution in [0.2, 0.25) is 5.02 Å². The second-order valence-corrected chi connectivity index (χ2v) is 4.51. The highest BCUT2D eigenvalue weighted by atomic mass is 35.5. The summed E-state index contributed by atoms with van der Waals surface area (Å²) in [5.74, 6) is -2.12. The molecule has 2 nitrogen and oxygen atoms in total. The average molecular weight is 300 g/mol. The first-order valence-corrected chi connectivity index (χ1v) is 5.99. The predicted molar refractivity (Wildman–Crippen MR) is 73.8 cm³/mol. The van der Waals surface area contributed by atoms with Crippen LogP contribution in [0.3, 0.4) is 0 Å². The summed E-state index contributed by atoms with van der Waals surface area (Å²) in [5, 5.41) is 0.203. The molecule has 0 aliphatic carbocycles. The third-order valence-corrected chi connectivity index (χ3v) is 2.88. The fourth-order valence-electron chi connectivity index (χ4n) is 1.42. The highest BCUT2D eigenvalue weighted by Crippen LogP contribution is 2.32. The van der Waals surface area contributed by atoms with Crippen molar-refractivity contribution in [1.82, 2.24) is 0 Å². The Morgan fingerprint density at radius 2 is 1.89 bits per heavy atom. The van der Waals surface area contributed by atoms with Gasteiger partial charge in [-0.2, -0.15) is 4.39 Å². The molecule has 0 atom stereocenters. The lowest BCUT2D eigenvalue weighted by Crippen LogP contribution is -2.09. The first kappa shape index (κ1) is 13.7. The van der Waals surface area contributed by atoms with Crippen LogP contribution in [0.5, 0.6) is 11.5 Å². The van der Waals surface area contributed by atoms with E-state index in [2.05, 4.69) is 0 Å². The third-order valence-electron chi connectivity index (χ3n) is 2.35. The van der Waals surface area contributed by atoms with E-state index in [1.54, 1.807) is 6.07 Å². The number of thiocarbonyl (C=S) groups is 1. The molecule has 0 fully saturated rings. The molecular weight excluding hydrogens is 292 g/mol. The molecule has 19 heavy (non-hydrogen) atoms. The topological polar surface area (TPSA) is 35.2 Å². The Bertz CT molecular complexity index is 649. The molecule has 0 spiro atoms. The van der Waals surface area contributed by atoms with Crippen molar-refractivity contribution >= 4 is 28.8 Å². The molecule has 0 amide bonds. The highest BCUT2D eigenvalue weighted by molar-refractivity contribution is 7.80. The summed E-state index contributed by atoms with van der Waals surface area (Å²) in [6, 6.07) is 8.21.